The summed E-state index contributed by atoms with van der Waals surface area (Å²) in [5.74, 6) is 0. The quantitative estimate of drug-likeness (QED) is 0.661. The van der Waals surface area contributed by atoms with Gasteiger partial charge in [0, 0.05) is 31.1 Å². The van der Waals surface area contributed by atoms with E-state index in [2.05, 4.69) is 41.6 Å². The topological polar surface area (TPSA) is 24.5 Å². The maximum atomic E-state index is 5.01. The van der Waals surface area contributed by atoms with Crippen molar-refractivity contribution in [1.29, 1.82) is 0 Å². The van der Waals surface area contributed by atoms with Crippen LogP contribution >= 0.6 is 11.3 Å². The van der Waals surface area contributed by atoms with Crippen molar-refractivity contribution in [2.24, 2.45) is 0 Å². The first-order valence-electron chi connectivity index (χ1n) is 6.70. The molecule has 1 aromatic rings. The van der Waals surface area contributed by atoms with E-state index in [4.69, 9.17) is 4.74 Å². The molecule has 3 nitrogen and oxygen atoms in total. The molecule has 1 heterocycles. The van der Waals surface area contributed by atoms with Crippen LogP contribution in [-0.2, 0) is 11.3 Å². The van der Waals surface area contributed by atoms with Gasteiger partial charge in [-0.3, -0.25) is 4.90 Å². The van der Waals surface area contributed by atoms with Gasteiger partial charge < -0.3 is 10.1 Å². The normalized spacial score (nSPS) is 11.6. The molecule has 0 unspecified atom stereocenters. The van der Waals surface area contributed by atoms with Crippen molar-refractivity contribution < 1.29 is 4.74 Å². The van der Waals surface area contributed by atoms with E-state index in [1.54, 1.807) is 7.11 Å². The van der Waals surface area contributed by atoms with Crippen LogP contribution in [0.2, 0.25) is 0 Å². The fraction of sp³-hybridized carbons (Fsp3) is 0.714. The average Bonchev–Trinajstić information content (AvgIpc) is 2.84. The van der Waals surface area contributed by atoms with E-state index in [0.29, 0.717) is 6.04 Å². The highest BCUT2D eigenvalue weighted by molar-refractivity contribution is 7.09. The molecule has 0 amide bonds. The Hall–Kier alpha value is -0.420. The van der Waals surface area contributed by atoms with E-state index < -0.39 is 0 Å². The molecule has 0 saturated carbocycles. The van der Waals surface area contributed by atoms with Gasteiger partial charge in [-0.2, -0.15) is 0 Å². The standard InChI is InChI=1S/C14H26N2OS/c1-13(2)16(12-14-6-4-11-18-14)9-5-7-15-8-10-17-3/h4,6,11,13,15H,5,7-10,12H2,1-3H3. The molecule has 0 atom stereocenters. The van der Waals surface area contributed by atoms with E-state index in [1.165, 1.54) is 11.3 Å². The lowest BCUT2D eigenvalue weighted by molar-refractivity contribution is 0.194. The Morgan fingerprint density at radius 1 is 1.39 bits per heavy atom. The molecule has 1 aromatic heterocycles. The highest BCUT2D eigenvalue weighted by Crippen LogP contribution is 2.13. The van der Waals surface area contributed by atoms with Crippen LogP contribution in [0.1, 0.15) is 25.1 Å². The minimum absolute atomic E-state index is 0.603. The first-order chi connectivity index (χ1) is 8.74. The molecule has 0 aliphatic carbocycles. The number of rotatable bonds is 10. The van der Waals surface area contributed by atoms with Crippen LogP contribution in [0.3, 0.4) is 0 Å². The molecule has 0 aromatic carbocycles. The Balaban J connectivity index is 2.18. The van der Waals surface area contributed by atoms with Gasteiger partial charge in [-0.05, 0) is 44.8 Å². The molecular formula is C14H26N2OS. The summed E-state index contributed by atoms with van der Waals surface area (Å²) in [7, 11) is 1.74. The van der Waals surface area contributed by atoms with Crippen molar-refractivity contribution in [1.82, 2.24) is 10.2 Å². The fourth-order valence-electron chi connectivity index (χ4n) is 1.83. The molecule has 18 heavy (non-hydrogen) atoms. The first kappa shape index (κ1) is 15.6. The van der Waals surface area contributed by atoms with Gasteiger partial charge in [0.25, 0.3) is 0 Å². The second-order valence-electron chi connectivity index (χ2n) is 4.74. The lowest BCUT2D eigenvalue weighted by Crippen LogP contribution is -2.33. The first-order valence-corrected chi connectivity index (χ1v) is 7.58. The van der Waals surface area contributed by atoms with E-state index in [1.807, 2.05) is 11.3 Å². The molecule has 1 N–H and O–H groups in total. The predicted molar refractivity (Wildman–Crippen MR) is 79.2 cm³/mol. The third-order valence-electron chi connectivity index (χ3n) is 2.95. The number of thiophene rings is 1. The Morgan fingerprint density at radius 2 is 2.22 bits per heavy atom. The van der Waals surface area contributed by atoms with Gasteiger partial charge in [0.05, 0.1) is 6.61 Å². The van der Waals surface area contributed by atoms with Crippen LogP contribution in [0.25, 0.3) is 0 Å². The number of hydrogen-bond donors (Lipinski definition) is 1. The summed E-state index contributed by atoms with van der Waals surface area (Å²) in [6.07, 6.45) is 1.19. The summed E-state index contributed by atoms with van der Waals surface area (Å²) < 4.78 is 5.01. The van der Waals surface area contributed by atoms with Crippen molar-refractivity contribution in [3.05, 3.63) is 22.4 Å². The molecule has 0 spiro atoms. The van der Waals surface area contributed by atoms with Gasteiger partial charge >= 0.3 is 0 Å². The van der Waals surface area contributed by atoms with Crippen LogP contribution < -0.4 is 5.32 Å². The molecule has 0 saturated heterocycles. The van der Waals surface area contributed by atoms with Crippen molar-refractivity contribution in [2.45, 2.75) is 32.9 Å². The van der Waals surface area contributed by atoms with Crippen molar-refractivity contribution in [3.63, 3.8) is 0 Å². The summed E-state index contributed by atoms with van der Waals surface area (Å²) in [4.78, 5) is 3.99. The van der Waals surface area contributed by atoms with Crippen LogP contribution in [0, 0.1) is 0 Å². The van der Waals surface area contributed by atoms with E-state index >= 15 is 0 Å². The van der Waals surface area contributed by atoms with Crippen LogP contribution in [-0.4, -0.2) is 44.3 Å². The lowest BCUT2D eigenvalue weighted by Gasteiger charge is -2.25. The second-order valence-corrected chi connectivity index (χ2v) is 5.77. The molecule has 0 aliphatic rings. The van der Waals surface area contributed by atoms with Gasteiger partial charge in [-0.1, -0.05) is 6.07 Å². The summed E-state index contributed by atoms with van der Waals surface area (Å²) in [5.41, 5.74) is 0. The minimum atomic E-state index is 0.603. The maximum absolute atomic E-state index is 5.01. The monoisotopic (exact) mass is 270 g/mol. The number of nitrogens with one attached hydrogen (secondary N) is 1. The number of nitrogens with zero attached hydrogens (tertiary/aromatic N) is 1. The Kier molecular flexibility index (Phi) is 8.25. The number of methoxy groups -OCH3 is 1. The Labute approximate surface area is 115 Å². The molecule has 0 bridgehead atoms. The summed E-state index contributed by atoms with van der Waals surface area (Å²) in [5, 5.41) is 5.54. The number of hydrogen-bond acceptors (Lipinski definition) is 4. The summed E-state index contributed by atoms with van der Waals surface area (Å²) >= 11 is 1.85. The SMILES string of the molecule is COCCNCCCN(Cc1cccs1)C(C)C. The zero-order valence-electron chi connectivity index (χ0n) is 11.8. The molecular weight excluding hydrogens is 244 g/mol. The van der Waals surface area contributed by atoms with Gasteiger partial charge in [-0.25, -0.2) is 0 Å². The molecule has 0 fully saturated rings. The van der Waals surface area contributed by atoms with Crippen molar-refractivity contribution >= 4 is 11.3 Å². The maximum Gasteiger partial charge on any atom is 0.0587 e. The zero-order chi connectivity index (χ0) is 13.2. The highest BCUT2D eigenvalue weighted by atomic mass is 32.1. The fourth-order valence-corrected chi connectivity index (χ4v) is 2.56. The molecule has 0 aliphatic heterocycles. The van der Waals surface area contributed by atoms with Gasteiger partial charge in [0.2, 0.25) is 0 Å². The molecule has 104 valence electrons. The molecule has 1 rings (SSSR count). The third kappa shape index (κ3) is 6.50. The second kappa shape index (κ2) is 9.50. The largest absolute Gasteiger partial charge is 0.383 e. The van der Waals surface area contributed by atoms with Crippen LogP contribution in [0.4, 0.5) is 0 Å². The number of ether oxygens (including phenoxy) is 1. The zero-order valence-corrected chi connectivity index (χ0v) is 12.6. The summed E-state index contributed by atoms with van der Waals surface area (Å²) in [6.45, 7) is 9.57. The van der Waals surface area contributed by atoms with E-state index in [9.17, 15) is 0 Å². The molecule has 0 radical (unpaired) electrons. The smallest absolute Gasteiger partial charge is 0.0587 e. The van der Waals surface area contributed by atoms with Crippen molar-refractivity contribution in [3.8, 4) is 0 Å². The van der Waals surface area contributed by atoms with Crippen LogP contribution in [0.15, 0.2) is 17.5 Å². The predicted octanol–water partition coefficient (Wildman–Crippen LogP) is 2.58. The Morgan fingerprint density at radius 3 is 2.83 bits per heavy atom. The van der Waals surface area contributed by atoms with Gasteiger partial charge in [0.15, 0.2) is 0 Å². The average molecular weight is 270 g/mol. The molecule has 4 heteroatoms. The van der Waals surface area contributed by atoms with Gasteiger partial charge in [-0.15, -0.1) is 11.3 Å². The van der Waals surface area contributed by atoms with Crippen molar-refractivity contribution in [2.75, 3.05) is 33.4 Å². The minimum Gasteiger partial charge on any atom is -0.383 e. The van der Waals surface area contributed by atoms with Crippen LogP contribution in [0.5, 0.6) is 0 Å². The summed E-state index contributed by atoms with van der Waals surface area (Å²) in [6, 6.07) is 4.95. The van der Waals surface area contributed by atoms with E-state index in [0.717, 1.165) is 32.8 Å². The Bertz CT molecular complexity index is 288. The van der Waals surface area contributed by atoms with Gasteiger partial charge in [0.1, 0.15) is 0 Å². The van der Waals surface area contributed by atoms with E-state index in [-0.39, 0.29) is 0 Å². The third-order valence-corrected chi connectivity index (χ3v) is 3.81. The lowest BCUT2D eigenvalue weighted by atomic mass is 10.2. The highest BCUT2D eigenvalue weighted by Gasteiger charge is 2.09.